The Hall–Kier alpha value is -3.11. The van der Waals surface area contributed by atoms with Crippen LogP contribution >= 0.6 is 23.6 Å². The van der Waals surface area contributed by atoms with Gasteiger partial charge in [-0.25, -0.2) is 4.79 Å². The van der Waals surface area contributed by atoms with Crippen molar-refractivity contribution in [2.24, 2.45) is 0 Å². The zero-order valence-electron chi connectivity index (χ0n) is 16.1. The molecule has 2 aromatic rings. The van der Waals surface area contributed by atoms with Crippen LogP contribution in [0.4, 0.5) is 10.7 Å². The third-order valence-electron chi connectivity index (χ3n) is 4.37. The number of esters is 1. The van der Waals surface area contributed by atoms with Gasteiger partial charge in [0, 0.05) is 23.1 Å². The molecule has 1 amide bonds. The molecule has 0 aliphatic heterocycles. The number of nitro groups is 1. The largest absolute Gasteiger partial charge is 0.462 e. The summed E-state index contributed by atoms with van der Waals surface area (Å²) < 4.78 is 5.17. The van der Waals surface area contributed by atoms with Crippen molar-refractivity contribution >= 4 is 57.3 Å². The number of thiophene rings is 1. The molecule has 0 saturated carbocycles. The molecule has 0 radical (unpaired) electrons. The van der Waals surface area contributed by atoms with E-state index < -0.39 is 16.8 Å². The van der Waals surface area contributed by atoms with Crippen molar-refractivity contribution in [2.75, 3.05) is 11.9 Å². The van der Waals surface area contributed by atoms with Gasteiger partial charge in [-0.15, -0.1) is 11.3 Å². The second-order valence-corrected chi connectivity index (χ2v) is 7.92. The van der Waals surface area contributed by atoms with E-state index in [0.29, 0.717) is 16.1 Å². The van der Waals surface area contributed by atoms with Gasteiger partial charge < -0.3 is 10.1 Å². The molecule has 0 unspecified atom stereocenters. The highest BCUT2D eigenvalue weighted by Gasteiger charge is 2.28. The third kappa shape index (κ3) is 5.08. The Labute approximate surface area is 182 Å². The van der Waals surface area contributed by atoms with Gasteiger partial charge in [-0.05, 0) is 55.6 Å². The quantitative estimate of drug-likeness (QED) is 0.228. The number of amides is 1. The summed E-state index contributed by atoms with van der Waals surface area (Å²) in [4.78, 5) is 36.0. The maximum absolute atomic E-state index is 12.4. The molecule has 156 valence electrons. The zero-order chi connectivity index (χ0) is 21.7. The number of non-ortho nitro benzene ring substituents is 1. The van der Waals surface area contributed by atoms with E-state index in [1.54, 1.807) is 13.0 Å². The molecule has 0 bridgehead atoms. The van der Waals surface area contributed by atoms with Gasteiger partial charge in [-0.3, -0.25) is 20.2 Å². The van der Waals surface area contributed by atoms with Crippen LogP contribution in [0.5, 0.6) is 0 Å². The normalized spacial score (nSPS) is 12.4. The number of hydrogen-bond acceptors (Lipinski definition) is 7. The van der Waals surface area contributed by atoms with Gasteiger partial charge >= 0.3 is 5.97 Å². The van der Waals surface area contributed by atoms with Crippen molar-refractivity contribution in [3.05, 3.63) is 62.0 Å². The van der Waals surface area contributed by atoms with E-state index in [4.69, 9.17) is 17.0 Å². The number of carbonyl (C=O) groups excluding carboxylic acids is 2. The highest BCUT2D eigenvalue weighted by atomic mass is 32.1. The van der Waals surface area contributed by atoms with Crippen LogP contribution in [0.2, 0.25) is 0 Å². The minimum atomic E-state index is -0.504. The summed E-state index contributed by atoms with van der Waals surface area (Å²) in [5.74, 6) is -0.903. The number of benzene rings is 1. The lowest BCUT2D eigenvalue weighted by atomic mass is 10.1. The van der Waals surface area contributed by atoms with Gasteiger partial charge in [0.2, 0.25) is 5.91 Å². The maximum Gasteiger partial charge on any atom is 0.341 e. The number of nitrogens with zero attached hydrogens (tertiary/aromatic N) is 1. The predicted octanol–water partition coefficient (Wildman–Crippen LogP) is 3.85. The molecule has 1 aromatic carbocycles. The third-order valence-corrected chi connectivity index (χ3v) is 5.78. The van der Waals surface area contributed by atoms with Crippen molar-refractivity contribution in [3.8, 4) is 0 Å². The van der Waals surface area contributed by atoms with Crippen LogP contribution in [0.1, 0.15) is 39.7 Å². The lowest BCUT2D eigenvalue weighted by Gasteiger charge is -2.10. The van der Waals surface area contributed by atoms with Gasteiger partial charge in [0.1, 0.15) is 5.00 Å². The van der Waals surface area contributed by atoms with Crippen LogP contribution < -0.4 is 10.6 Å². The van der Waals surface area contributed by atoms with E-state index in [1.807, 2.05) is 0 Å². The van der Waals surface area contributed by atoms with Crippen molar-refractivity contribution in [3.63, 3.8) is 0 Å². The summed E-state index contributed by atoms with van der Waals surface area (Å²) in [6.45, 7) is 2.02. The van der Waals surface area contributed by atoms with Crippen LogP contribution in [0, 0.1) is 10.1 Å². The highest BCUT2D eigenvalue weighted by Crippen LogP contribution is 2.39. The molecule has 3 rings (SSSR count). The van der Waals surface area contributed by atoms with E-state index in [1.165, 1.54) is 41.7 Å². The number of nitro benzene ring substituents is 1. The number of anilines is 1. The second kappa shape index (κ2) is 9.59. The van der Waals surface area contributed by atoms with E-state index in [9.17, 15) is 19.7 Å². The Morgan fingerprint density at radius 2 is 2.17 bits per heavy atom. The molecule has 0 fully saturated rings. The molecular formula is C20H19N3O5S2. The molecule has 1 heterocycles. The fourth-order valence-electron chi connectivity index (χ4n) is 3.11. The molecular weight excluding hydrogens is 426 g/mol. The predicted molar refractivity (Wildman–Crippen MR) is 119 cm³/mol. The lowest BCUT2D eigenvalue weighted by molar-refractivity contribution is -0.384. The van der Waals surface area contributed by atoms with Crippen LogP contribution in [0.25, 0.3) is 6.08 Å². The number of thiocarbonyl (C=S) groups is 1. The molecule has 0 spiro atoms. The molecule has 1 aliphatic rings. The SMILES string of the molecule is CCOC(=O)c1c(NC(=S)NC(=O)/C=C/c2cccc([N+](=O)[O-])c2)sc2c1CCC2. The first-order chi connectivity index (χ1) is 14.4. The number of aryl methyl sites for hydroxylation is 1. The number of fused-ring (bicyclic) bond motifs is 1. The molecule has 2 N–H and O–H groups in total. The molecule has 1 aliphatic carbocycles. The van der Waals surface area contributed by atoms with E-state index in [0.717, 1.165) is 29.7 Å². The Bertz CT molecular complexity index is 1050. The fraction of sp³-hybridized carbons (Fsp3) is 0.250. The number of nitrogens with one attached hydrogen (secondary N) is 2. The summed E-state index contributed by atoms with van der Waals surface area (Å²) in [6.07, 6.45) is 5.39. The standard InChI is InChI=1S/C20H19N3O5S2/c1-2-28-19(25)17-14-7-4-8-15(14)30-18(17)22-20(29)21-16(24)10-9-12-5-3-6-13(11-12)23(26)27/h3,5-6,9-11H,2,4,7-8H2,1H3,(H2,21,22,24,29)/b10-9+. The Balaban J connectivity index is 1.66. The fourth-order valence-corrected chi connectivity index (χ4v) is 4.66. The number of carbonyl (C=O) groups is 2. The van der Waals surface area contributed by atoms with Crippen molar-refractivity contribution in [2.45, 2.75) is 26.2 Å². The Morgan fingerprint density at radius 1 is 1.37 bits per heavy atom. The van der Waals surface area contributed by atoms with E-state index in [-0.39, 0.29) is 17.4 Å². The Morgan fingerprint density at radius 3 is 2.90 bits per heavy atom. The zero-order valence-corrected chi connectivity index (χ0v) is 17.7. The summed E-state index contributed by atoms with van der Waals surface area (Å²) in [5, 5.41) is 16.9. The average Bonchev–Trinajstić information content (AvgIpc) is 3.27. The van der Waals surface area contributed by atoms with Crippen LogP contribution in [0.3, 0.4) is 0 Å². The summed E-state index contributed by atoms with van der Waals surface area (Å²) in [7, 11) is 0. The molecule has 0 saturated heterocycles. The highest BCUT2D eigenvalue weighted by molar-refractivity contribution is 7.80. The van der Waals surface area contributed by atoms with E-state index >= 15 is 0 Å². The van der Waals surface area contributed by atoms with E-state index in [2.05, 4.69) is 10.6 Å². The average molecular weight is 446 g/mol. The first kappa shape index (κ1) is 21.6. The van der Waals surface area contributed by atoms with Gasteiger partial charge in [-0.2, -0.15) is 0 Å². The number of ether oxygens (including phenoxy) is 1. The van der Waals surface area contributed by atoms with Crippen molar-refractivity contribution < 1.29 is 19.2 Å². The minimum Gasteiger partial charge on any atom is -0.462 e. The number of rotatable bonds is 6. The summed E-state index contributed by atoms with van der Waals surface area (Å²) in [6, 6.07) is 5.91. The Kier molecular flexibility index (Phi) is 6.91. The van der Waals surface area contributed by atoms with Gasteiger partial charge in [0.15, 0.2) is 5.11 Å². The lowest BCUT2D eigenvalue weighted by Crippen LogP contribution is -2.33. The van der Waals surface area contributed by atoms with Gasteiger partial charge in [0.25, 0.3) is 5.69 Å². The topological polar surface area (TPSA) is 111 Å². The first-order valence-corrected chi connectivity index (χ1v) is 10.5. The second-order valence-electron chi connectivity index (χ2n) is 6.41. The molecule has 30 heavy (non-hydrogen) atoms. The van der Waals surface area contributed by atoms with Crippen LogP contribution in [0.15, 0.2) is 30.3 Å². The molecule has 1 aromatic heterocycles. The smallest absolute Gasteiger partial charge is 0.341 e. The van der Waals surface area contributed by atoms with Gasteiger partial charge in [-0.1, -0.05) is 12.1 Å². The molecule has 0 atom stereocenters. The van der Waals surface area contributed by atoms with Crippen LogP contribution in [-0.4, -0.2) is 28.5 Å². The number of hydrogen-bond donors (Lipinski definition) is 2. The van der Waals surface area contributed by atoms with Crippen LogP contribution in [-0.2, 0) is 22.4 Å². The molecule has 8 nitrogen and oxygen atoms in total. The first-order valence-electron chi connectivity index (χ1n) is 9.25. The van der Waals surface area contributed by atoms with Crippen molar-refractivity contribution in [1.82, 2.24) is 5.32 Å². The summed E-state index contributed by atoms with van der Waals surface area (Å²) >= 11 is 6.64. The minimum absolute atomic E-state index is 0.0502. The monoisotopic (exact) mass is 445 g/mol. The molecule has 10 heteroatoms. The summed E-state index contributed by atoms with van der Waals surface area (Å²) in [5.41, 5.74) is 1.92. The van der Waals surface area contributed by atoms with Gasteiger partial charge in [0.05, 0.1) is 17.1 Å². The van der Waals surface area contributed by atoms with Crippen molar-refractivity contribution in [1.29, 1.82) is 0 Å². The maximum atomic E-state index is 12.4.